The fourth-order valence-electron chi connectivity index (χ4n) is 2.09. The van der Waals surface area contributed by atoms with Crippen LogP contribution in [0.2, 0.25) is 0 Å². The number of carbonyl (C=O) groups is 1. The summed E-state index contributed by atoms with van der Waals surface area (Å²) in [4.78, 5) is 9.76. The molecule has 0 spiro atoms. The van der Waals surface area contributed by atoms with Crippen LogP contribution in [0, 0.1) is 12.8 Å². The van der Waals surface area contributed by atoms with E-state index in [9.17, 15) is 26.7 Å². The van der Waals surface area contributed by atoms with Gasteiger partial charge < -0.3 is 14.6 Å². The normalized spacial score (nSPS) is 13.5. The molecule has 1 aliphatic rings. The lowest BCUT2D eigenvalue weighted by Gasteiger charge is -2.14. The molecule has 1 aliphatic carbocycles. The first-order chi connectivity index (χ1) is 13.1. The summed E-state index contributed by atoms with van der Waals surface area (Å²) in [5, 5.41) is 8.05. The minimum absolute atomic E-state index is 0.0185. The van der Waals surface area contributed by atoms with Gasteiger partial charge in [-0.1, -0.05) is 12.1 Å². The van der Waals surface area contributed by atoms with Crippen molar-refractivity contribution in [3.05, 3.63) is 53.6 Å². The van der Waals surface area contributed by atoms with Gasteiger partial charge in [0.05, 0.1) is 11.5 Å². The molecule has 4 nitrogen and oxygen atoms in total. The molecule has 0 heterocycles. The Labute approximate surface area is 157 Å². The highest BCUT2D eigenvalue weighted by molar-refractivity contribution is 5.72. The third kappa shape index (κ3) is 6.71. The van der Waals surface area contributed by atoms with Gasteiger partial charge in [0.1, 0.15) is 5.75 Å². The predicted octanol–water partition coefficient (Wildman–Crippen LogP) is 5.89. The van der Waals surface area contributed by atoms with Crippen molar-refractivity contribution < 1.29 is 41.3 Å². The summed E-state index contributed by atoms with van der Waals surface area (Å²) < 4.78 is 72.1. The fraction of sp³-hybridized carbons (Fsp3) is 0.316. The van der Waals surface area contributed by atoms with Gasteiger partial charge >= 0.3 is 18.8 Å². The Morgan fingerprint density at radius 2 is 1.79 bits per heavy atom. The van der Waals surface area contributed by atoms with E-state index < -0.39 is 30.1 Å². The molecule has 0 radical (unpaired) electrons. The quantitative estimate of drug-likeness (QED) is 0.632. The van der Waals surface area contributed by atoms with E-state index in [0.717, 1.165) is 30.5 Å². The van der Waals surface area contributed by atoms with Gasteiger partial charge in [0, 0.05) is 0 Å². The number of halogens is 5. The topological polar surface area (TPSA) is 55.8 Å². The van der Waals surface area contributed by atoms with Crippen LogP contribution < -0.4 is 9.47 Å². The fourth-order valence-corrected chi connectivity index (χ4v) is 2.09. The average molecular weight is 404 g/mol. The highest BCUT2D eigenvalue weighted by Crippen LogP contribution is 2.38. The van der Waals surface area contributed by atoms with E-state index in [2.05, 4.69) is 4.74 Å². The predicted molar refractivity (Wildman–Crippen MR) is 89.7 cm³/mol. The lowest BCUT2D eigenvalue weighted by atomic mass is 10.2. The molecule has 0 saturated heterocycles. The average Bonchev–Trinajstić information content (AvgIpc) is 3.41. The molecule has 1 saturated carbocycles. The third-order valence-electron chi connectivity index (χ3n) is 3.63. The van der Waals surface area contributed by atoms with Gasteiger partial charge in [-0.25, -0.2) is 0 Å². The standard InChI is InChI=1S/C15H11F5O2.C4H6O2/c1-9-3-2-4-11(7-9)21-12-6-5-10(15(18,19)20)8-13(12)22-14(16)17;5-4(6)3-1-2-3/h2-8,14H,1H3;3H,1-2H2,(H,5,6). The van der Waals surface area contributed by atoms with Gasteiger partial charge in [0.15, 0.2) is 11.5 Å². The van der Waals surface area contributed by atoms with E-state index in [1.54, 1.807) is 31.2 Å². The van der Waals surface area contributed by atoms with E-state index in [4.69, 9.17) is 9.84 Å². The molecular formula is C19H17F5O4. The van der Waals surface area contributed by atoms with E-state index in [-0.39, 0.29) is 11.7 Å². The molecule has 0 bridgehead atoms. The van der Waals surface area contributed by atoms with Gasteiger partial charge in [-0.2, -0.15) is 22.0 Å². The first kappa shape index (κ1) is 21.5. The Morgan fingerprint density at radius 3 is 2.25 bits per heavy atom. The summed E-state index contributed by atoms with van der Waals surface area (Å²) in [6.45, 7) is -1.47. The number of carboxylic acid groups (broad SMARTS) is 1. The Balaban J connectivity index is 0.000000397. The van der Waals surface area contributed by atoms with E-state index >= 15 is 0 Å². The number of rotatable bonds is 5. The third-order valence-corrected chi connectivity index (χ3v) is 3.63. The highest BCUT2D eigenvalue weighted by atomic mass is 19.4. The molecule has 2 aromatic rings. The summed E-state index contributed by atoms with van der Waals surface area (Å²) in [5.74, 6) is -1.20. The number of aliphatic carboxylic acids is 1. The number of hydrogen-bond acceptors (Lipinski definition) is 3. The molecular weight excluding hydrogens is 387 g/mol. The molecule has 3 rings (SSSR count). The summed E-state index contributed by atoms with van der Waals surface area (Å²) in [6, 6.07) is 8.79. The van der Waals surface area contributed by atoms with Crippen LogP contribution in [0.4, 0.5) is 22.0 Å². The molecule has 0 aromatic heterocycles. The van der Waals surface area contributed by atoms with Crippen LogP contribution in [-0.4, -0.2) is 17.7 Å². The maximum absolute atomic E-state index is 12.6. The number of aryl methyl sites for hydroxylation is 1. The van der Waals surface area contributed by atoms with Crippen molar-refractivity contribution in [1.82, 2.24) is 0 Å². The van der Waals surface area contributed by atoms with Crippen molar-refractivity contribution in [3.8, 4) is 17.2 Å². The Morgan fingerprint density at radius 1 is 1.11 bits per heavy atom. The van der Waals surface area contributed by atoms with Crippen molar-refractivity contribution in [1.29, 1.82) is 0 Å². The molecule has 152 valence electrons. The minimum Gasteiger partial charge on any atom is -0.481 e. The first-order valence-corrected chi connectivity index (χ1v) is 8.19. The monoisotopic (exact) mass is 404 g/mol. The van der Waals surface area contributed by atoms with Crippen LogP contribution in [0.15, 0.2) is 42.5 Å². The van der Waals surface area contributed by atoms with Crippen molar-refractivity contribution in [2.45, 2.75) is 32.6 Å². The van der Waals surface area contributed by atoms with E-state index in [1.165, 1.54) is 0 Å². The molecule has 0 unspecified atom stereocenters. The van der Waals surface area contributed by atoms with Crippen LogP contribution in [0.25, 0.3) is 0 Å². The number of ether oxygens (including phenoxy) is 2. The maximum atomic E-state index is 12.6. The zero-order valence-corrected chi connectivity index (χ0v) is 14.7. The van der Waals surface area contributed by atoms with Crippen molar-refractivity contribution >= 4 is 5.97 Å². The number of carboxylic acids is 1. The van der Waals surface area contributed by atoms with Gasteiger partial charge in [-0.15, -0.1) is 0 Å². The molecule has 0 atom stereocenters. The zero-order valence-electron chi connectivity index (χ0n) is 14.7. The van der Waals surface area contributed by atoms with E-state index in [1.807, 2.05) is 0 Å². The van der Waals surface area contributed by atoms with Crippen LogP contribution in [0.5, 0.6) is 17.2 Å². The highest BCUT2D eigenvalue weighted by Gasteiger charge is 2.32. The molecule has 28 heavy (non-hydrogen) atoms. The SMILES string of the molecule is Cc1cccc(Oc2ccc(C(F)(F)F)cc2OC(F)F)c1.O=C(O)C1CC1. The molecule has 1 N–H and O–H groups in total. The second kappa shape index (κ2) is 8.90. The summed E-state index contributed by atoms with van der Waals surface area (Å²) in [5.41, 5.74) is -0.250. The largest absolute Gasteiger partial charge is 0.481 e. The van der Waals surface area contributed by atoms with Crippen molar-refractivity contribution in [2.24, 2.45) is 5.92 Å². The molecule has 0 aliphatic heterocycles. The summed E-state index contributed by atoms with van der Waals surface area (Å²) in [7, 11) is 0. The lowest BCUT2D eigenvalue weighted by Crippen LogP contribution is -2.08. The van der Waals surface area contributed by atoms with E-state index in [0.29, 0.717) is 11.8 Å². The molecule has 1 fully saturated rings. The molecule has 9 heteroatoms. The van der Waals surface area contributed by atoms with Gasteiger partial charge in [0.25, 0.3) is 0 Å². The first-order valence-electron chi connectivity index (χ1n) is 8.19. The second-order valence-corrected chi connectivity index (χ2v) is 6.07. The Kier molecular flexibility index (Phi) is 6.82. The molecule has 0 amide bonds. The van der Waals surface area contributed by atoms with Crippen LogP contribution in [-0.2, 0) is 11.0 Å². The number of alkyl halides is 5. The van der Waals surface area contributed by atoms with Crippen molar-refractivity contribution in [2.75, 3.05) is 0 Å². The van der Waals surface area contributed by atoms with Crippen molar-refractivity contribution in [3.63, 3.8) is 0 Å². The molecule has 2 aromatic carbocycles. The van der Waals surface area contributed by atoms with Gasteiger partial charge in [0.2, 0.25) is 0 Å². The van der Waals surface area contributed by atoms with Gasteiger partial charge in [-0.3, -0.25) is 4.79 Å². The van der Waals surface area contributed by atoms with Gasteiger partial charge in [-0.05, 0) is 55.7 Å². The Hall–Kier alpha value is -2.84. The number of hydrogen-bond donors (Lipinski definition) is 1. The maximum Gasteiger partial charge on any atom is 0.416 e. The van der Waals surface area contributed by atoms with Crippen LogP contribution >= 0.6 is 0 Å². The Bertz CT molecular complexity index is 816. The lowest BCUT2D eigenvalue weighted by molar-refractivity contribution is -0.139. The minimum atomic E-state index is -4.66. The van der Waals surface area contributed by atoms with Crippen LogP contribution in [0.1, 0.15) is 24.0 Å². The second-order valence-electron chi connectivity index (χ2n) is 6.07. The zero-order chi connectivity index (χ0) is 20.9. The number of benzene rings is 2. The smallest absolute Gasteiger partial charge is 0.416 e. The van der Waals surface area contributed by atoms with Crippen LogP contribution in [0.3, 0.4) is 0 Å². The summed E-state index contributed by atoms with van der Waals surface area (Å²) >= 11 is 0. The summed E-state index contributed by atoms with van der Waals surface area (Å²) in [6.07, 6.45) is -2.87.